The number of ether oxygens (including phenoxy) is 1. The highest BCUT2D eigenvalue weighted by Crippen LogP contribution is 2.24. The van der Waals surface area contributed by atoms with Crippen molar-refractivity contribution in [2.24, 2.45) is 7.05 Å². The Balaban J connectivity index is 2.24. The second-order valence-electron chi connectivity index (χ2n) is 3.14. The fraction of sp³-hybridized carbons (Fsp3) is 0.625. The van der Waals surface area contributed by atoms with Gasteiger partial charge in [-0.15, -0.1) is 0 Å². The number of aliphatic hydroxyl groups excluding tert-OH is 1. The van der Waals surface area contributed by atoms with Gasteiger partial charge in [-0.25, -0.2) is 4.98 Å². The van der Waals surface area contributed by atoms with E-state index in [1.807, 2.05) is 11.6 Å². The molecule has 1 aliphatic heterocycles. The van der Waals surface area contributed by atoms with Crippen molar-refractivity contribution in [1.82, 2.24) is 9.55 Å². The molecule has 0 saturated carbocycles. The number of aryl methyl sites for hydroxylation is 1. The zero-order chi connectivity index (χ0) is 8.55. The van der Waals surface area contributed by atoms with Gasteiger partial charge in [-0.1, -0.05) is 0 Å². The highest BCUT2D eigenvalue weighted by Gasteiger charge is 2.29. The second-order valence-corrected chi connectivity index (χ2v) is 3.14. The molecule has 0 aliphatic carbocycles. The molecule has 2 heterocycles. The molecule has 0 amide bonds. The number of hydrogen-bond donors (Lipinski definition) is 1. The van der Waals surface area contributed by atoms with Crippen LogP contribution in [0.4, 0.5) is 0 Å². The largest absolute Gasteiger partial charge is 0.390 e. The predicted molar refractivity (Wildman–Crippen MR) is 42.8 cm³/mol. The summed E-state index contributed by atoms with van der Waals surface area (Å²) < 4.78 is 7.08. The zero-order valence-corrected chi connectivity index (χ0v) is 6.97. The Bertz CT molecular complexity index is 272. The van der Waals surface area contributed by atoms with Crippen LogP contribution in [-0.2, 0) is 11.8 Å². The molecule has 4 nitrogen and oxygen atoms in total. The summed E-state index contributed by atoms with van der Waals surface area (Å²) in [4.78, 5) is 4.00. The maximum absolute atomic E-state index is 9.52. The molecular weight excluding hydrogens is 156 g/mol. The van der Waals surface area contributed by atoms with Crippen LogP contribution in [0, 0.1) is 0 Å². The van der Waals surface area contributed by atoms with E-state index < -0.39 is 0 Å². The molecule has 1 saturated heterocycles. The van der Waals surface area contributed by atoms with Crippen LogP contribution in [0.2, 0.25) is 0 Å². The van der Waals surface area contributed by atoms with Crippen LogP contribution in [-0.4, -0.2) is 34.0 Å². The van der Waals surface area contributed by atoms with Crippen LogP contribution >= 0.6 is 0 Å². The molecule has 12 heavy (non-hydrogen) atoms. The predicted octanol–water partition coefficient (Wildman–Crippen LogP) is -0.105. The minimum atomic E-state index is -0.375. The van der Waals surface area contributed by atoms with Gasteiger partial charge in [0, 0.05) is 18.9 Å². The van der Waals surface area contributed by atoms with Gasteiger partial charge in [0.15, 0.2) is 0 Å². The van der Waals surface area contributed by atoms with Crippen molar-refractivity contribution in [3.8, 4) is 0 Å². The van der Waals surface area contributed by atoms with E-state index in [0.717, 1.165) is 5.69 Å². The molecular formula is C8H12N2O2. The Kier molecular flexibility index (Phi) is 1.86. The standard InChI is InChI=1S/C8H12N2O2/c1-10-5-9-2-7(10)6-3-12-4-8(6)11/h2,5-6,8,11H,3-4H2,1H3/t6-,8+/m0/s1. The first-order valence-corrected chi connectivity index (χ1v) is 4.01. The normalized spacial score (nSPS) is 29.5. The van der Waals surface area contributed by atoms with Gasteiger partial charge in [0.05, 0.1) is 31.6 Å². The first-order chi connectivity index (χ1) is 5.79. The van der Waals surface area contributed by atoms with Crippen LogP contribution in [0.15, 0.2) is 12.5 Å². The van der Waals surface area contributed by atoms with Gasteiger partial charge in [-0.2, -0.15) is 0 Å². The van der Waals surface area contributed by atoms with Crippen LogP contribution in [0.5, 0.6) is 0 Å². The van der Waals surface area contributed by atoms with E-state index in [1.165, 1.54) is 0 Å². The molecule has 0 bridgehead atoms. The Labute approximate surface area is 70.8 Å². The summed E-state index contributed by atoms with van der Waals surface area (Å²) in [6, 6.07) is 0. The van der Waals surface area contributed by atoms with E-state index >= 15 is 0 Å². The summed E-state index contributed by atoms with van der Waals surface area (Å²) in [7, 11) is 1.92. The molecule has 1 aromatic heterocycles. The number of aromatic nitrogens is 2. The molecule has 2 rings (SSSR count). The molecule has 1 aromatic rings. The van der Waals surface area contributed by atoms with Gasteiger partial charge >= 0.3 is 0 Å². The maximum atomic E-state index is 9.52. The van der Waals surface area contributed by atoms with E-state index in [4.69, 9.17) is 4.74 Å². The Morgan fingerprint density at radius 1 is 1.67 bits per heavy atom. The van der Waals surface area contributed by atoms with Crippen molar-refractivity contribution in [2.75, 3.05) is 13.2 Å². The lowest BCUT2D eigenvalue weighted by atomic mass is 10.0. The third-order valence-electron chi connectivity index (χ3n) is 2.28. The Hall–Kier alpha value is -0.870. The molecule has 1 fully saturated rings. The average Bonchev–Trinajstić information content (AvgIpc) is 2.59. The monoisotopic (exact) mass is 168 g/mol. The summed E-state index contributed by atoms with van der Waals surface area (Å²) in [5.74, 6) is 0.0949. The average molecular weight is 168 g/mol. The van der Waals surface area contributed by atoms with Crippen molar-refractivity contribution < 1.29 is 9.84 Å². The lowest BCUT2D eigenvalue weighted by Gasteiger charge is -2.11. The highest BCUT2D eigenvalue weighted by molar-refractivity contribution is 5.10. The van der Waals surface area contributed by atoms with Crippen LogP contribution < -0.4 is 0 Å². The van der Waals surface area contributed by atoms with Gasteiger partial charge in [-0.05, 0) is 0 Å². The maximum Gasteiger partial charge on any atom is 0.0945 e. The third kappa shape index (κ3) is 1.13. The number of nitrogens with zero attached hydrogens (tertiary/aromatic N) is 2. The minimum Gasteiger partial charge on any atom is -0.390 e. The van der Waals surface area contributed by atoms with Crippen molar-refractivity contribution in [3.05, 3.63) is 18.2 Å². The van der Waals surface area contributed by atoms with Crippen molar-refractivity contribution in [3.63, 3.8) is 0 Å². The zero-order valence-electron chi connectivity index (χ0n) is 6.97. The molecule has 0 radical (unpaired) electrons. The van der Waals surface area contributed by atoms with Gasteiger partial charge in [-0.3, -0.25) is 0 Å². The van der Waals surface area contributed by atoms with Gasteiger partial charge < -0.3 is 14.4 Å². The molecule has 66 valence electrons. The lowest BCUT2D eigenvalue weighted by Crippen LogP contribution is -2.17. The van der Waals surface area contributed by atoms with Gasteiger partial charge in [0.25, 0.3) is 0 Å². The summed E-state index contributed by atoms with van der Waals surface area (Å²) in [6.45, 7) is 1.04. The lowest BCUT2D eigenvalue weighted by molar-refractivity contribution is 0.124. The minimum absolute atomic E-state index is 0.0949. The summed E-state index contributed by atoms with van der Waals surface area (Å²) in [5, 5.41) is 9.52. The van der Waals surface area contributed by atoms with E-state index in [0.29, 0.717) is 13.2 Å². The first-order valence-electron chi connectivity index (χ1n) is 4.01. The molecule has 0 spiro atoms. The molecule has 0 unspecified atom stereocenters. The van der Waals surface area contributed by atoms with Crippen molar-refractivity contribution >= 4 is 0 Å². The molecule has 0 aromatic carbocycles. The molecule has 2 atom stereocenters. The van der Waals surface area contributed by atoms with Gasteiger partial charge in [0.1, 0.15) is 0 Å². The fourth-order valence-corrected chi connectivity index (χ4v) is 1.55. The van der Waals surface area contributed by atoms with E-state index in [1.54, 1.807) is 12.5 Å². The topological polar surface area (TPSA) is 47.3 Å². The van der Waals surface area contributed by atoms with Crippen LogP contribution in [0.3, 0.4) is 0 Å². The number of aliphatic hydroxyl groups is 1. The number of hydrogen-bond acceptors (Lipinski definition) is 3. The summed E-state index contributed by atoms with van der Waals surface area (Å²) >= 11 is 0. The Morgan fingerprint density at radius 3 is 3.00 bits per heavy atom. The van der Waals surface area contributed by atoms with E-state index in [9.17, 15) is 5.11 Å². The Morgan fingerprint density at radius 2 is 2.50 bits per heavy atom. The van der Waals surface area contributed by atoms with Crippen LogP contribution in [0.1, 0.15) is 11.6 Å². The summed E-state index contributed by atoms with van der Waals surface area (Å²) in [6.07, 6.45) is 3.14. The van der Waals surface area contributed by atoms with E-state index in [2.05, 4.69) is 4.98 Å². The highest BCUT2D eigenvalue weighted by atomic mass is 16.5. The van der Waals surface area contributed by atoms with Crippen molar-refractivity contribution in [1.29, 1.82) is 0 Å². The van der Waals surface area contributed by atoms with Crippen LogP contribution in [0.25, 0.3) is 0 Å². The molecule has 4 heteroatoms. The number of rotatable bonds is 1. The molecule has 1 aliphatic rings. The SMILES string of the molecule is Cn1cncc1[C@@H]1COC[C@H]1O. The third-order valence-corrected chi connectivity index (χ3v) is 2.28. The summed E-state index contributed by atoms with van der Waals surface area (Å²) in [5.41, 5.74) is 1.04. The molecule has 1 N–H and O–H groups in total. The van der Waals surface area contributed by atoms with Crippen molar-refractivity contribution in [2.45, 2.75) is 12.0 Å². The van der Waals surface area contributed by atoms with Gasteiger partial charge in [0.2, 0.25) is 0 Å². The number of imidazole rings is 1. The fourth-order valence-electron chi connectivity index (χ4n) is 1.55. The quantitative estimate of drug-likeness (QED) is 0.636. The smallest absolute Gasteiger partial charge is 0.0945 e. The first kappa shape index (κ1) is 7.76. The second kappa shape index (κ2) is 2.88. The van der Waals surface area contributed by atoms with E-state index in [-0.39, 0.29) is 12.0 Å².